The second-order valence-corrected chi connectivity index (χ2v) is 11.5. The number of imidazole rings is 1. The summed E-state index contributed by atoms with van der Waals surface area (Å²) in [6.07, 6.45) is 4.04. The third-order valence-electron chi connectivity index (χ3n) is 8.62. The zero-order chi connectivity index (χ0) is 31.2. The molecule has 0 saturated heterocycles. The molecule has 2 atom stereocenters. The van der Waals surface area contributed by atoms with E-state index in [1.54, 1.807) is 6.07 Å². The molecule has 0 aliphatic rings. The van der Waals surface area contributed by atoms with E-state index in [2.05, 4.69) is 101 Å². The minimum atomic E-state index is -0.682. The molecule has 45 heavy (non-hydrogen) atoms. The van der Waals surface area contributed by atoms with Gasteiger partial charge in [0.25, 0.3) is 5.91 Å². The number of nitrogens with zero attached hydrogens (tertiary/aromatic N) is 2. The van der Waals surface area contributed by atoms with Crippen LogP contribution < -0.4 is 5.32 Å². The summed E-state index contributed by atoms with van der Waals surface area (Å²) in [5, 5.41) is 24.1. The molecule has 0 aliphatic carbocycles. The molecule has 5 aromatic carbocycles. The molecule has 1 amide bonds. The summed E-state index contributed by atoms with van der Waals surface area (Å²) in [7, 11) is 0. The minimum absolute atomic E-state index is 0.000723. The molecule has 6 aromatic rings. The van der Waals surface area contributed by atoms with Crippen LogP contribution in [0, 0.1) is 5.92 Å². The lowest BCUT2D eigenvalue weighted by molar-refractivity contribution is 0.0945. The maximum atomic E-state index is 12.5. The van der Waals surface area contributed by atoms with Crippen molar-refractivity contribution in [2.75, 3.05) is 19.8 Å². The number of hydrogen-bond donors (Lipinski definition) is 3. The maximum Gasteiger partial charge on any atom is 0.251 e. The van der Waals surface area contributed by atoms with E-state index < -0.39 is 5.54 Å². The number of aliphatic hydroxyl groups is 2. The van der Waals surface area contributed by atoms with Crippen LogP contribution in [-0.2, 0) is 5.54 Å². The predicted molar refractivity (Wildman–Crippen MR) is 178 cm³/mol. The number of benzene rings is 5. The number of aromatic nitrogens is 2. The Hall–Kier alpha value is -5.04. The van der Waals surface area contributed by atoms with Gasteiger partial charge in [-0.25, -0.2) is 4.98 Å². The molecule has 226 valence electrons. The van der Waals surface area contributed by atoms with Crippen molar-refractivity contribution in [2.45, 2.75) is 18.4 Å². The van der Waals surface area contributed by atoms with Crippen LogP contribution in [-0.4, -0.2) is 45.4 Å². The predicted octanol–water partition coefficient (Wildman–Crippen LogP) is 6.36. The zero-order valence-corrected chi connectivity index (χ0v) is 25.3. The number of nitrogens with one attached hydrogen (secondary N) is 1. The summed E-state index contributed by atoms with van der Waals surface area (Å²) in [5.41, 5.74) is 5.10. The van der Waals surface area contributed by atoms with E-state index in [1.807, 2.05) is 49.6 Å². The monoisotopic (exact) mass is 595 g/mol. The third kappa shape index (κ3) is 5.78. The van der Waals surface area contributed by atoms with Gasteiger partial charge in [0.05, 0.1) is 18.6 Å². The number of rotatable bonds is 11. The molecule has 0 radical (unpaired) electrons. The van der Waals surface area contributed by atoms with Crippen molar-refractivity contribution in [1.82, 2.24) is 14.9 Å². The van der Waals surface area contributed by atoms with Crippen molar-refractivity contribution in [3.63, 3.8) is 0 Å². The number of hydrogen-bond acceptors (Lipinski definition) is 4. The van der Waals surface area contributed by atoms with Gasteiger partial charge in [-0.1, -0.05) is 122 Å². The van der Waals surface area contributed by atoms with Crippen molar-refractivity contribution < 1.29 is 15.0 Å². The molecule has 2 unspecified atom stereocenters. The first-order valence-electron chi connectivity index (χ1n) is 15.3. The minimum Gasteiger partial charge on any atom is -0.396 e. The van der Waals surface area contributed by atoms with Gasteiger partial charge in [-0.15, -0.1) is 0 Å². The number of amides is 1. The number of carbonyl (C=O) groups excluding carboxylic acids is 1. The molecular formula is C39H37N3O3. The Bertz CT molecular complexity index is 1770. The maximum absolute atomic E-state index is 12.5. The van der Waals surface area contributed by atoms with Crippen molar-refractivity contribution in [3.05, 3.63) is 173 Å². The number of carbonyl (C=O) groups is 1. The fourth-order valence-corrected chi connectivity index (χ4v) is 6.43. The van der Waals surface area contributed by atoms with E-state index in [4.69, 9.17) is 10.1 Å². The van der Waals surface area contributed by atoms with Crippen LogP contribution >= 0.6 is 0 Å². The number of aliphatic hydroxyl groups excluding tert-OH is 2. The fourth-order valence-electron chi connectivity index (χ4n) is 6.43. The van der Waals surface area contributed by atoms with E-state index in [1.165, 1.54) is 0 Å². The highest BCUT2D eigenvalue weighted by Crippen LogP contribution is 2.42. The standard InChI is InChI=1S/C39H37N3O3/c1-28(26-44)37(31-19-17-30-24-32(20-18-29(30)23-31)38(45)40-21-22-43)36-25-42(27-41-36)39(33-11-5-2-6-12-33,34-13-7-3-8-14-34)35-15-9-4-10-16-35/h2-20,23-25,27-28,37,43-44H,21-22,26H2,1H3,(H,40,45). The third-order valence-corrected chi connectivity index (χ3v) is 8.62. The first-order valence-corrected chi connectivity index (χ1v) is 15.3. The lowest BCUT2D eigenvalue weighted by Gasteiger charge is -2.37. The van der Waals surface area contributed by atoms with E-state index in [0.29, 0.717) is 5.56 Å². The zero-order valence-electron chi connectivity index (χ0n) is 25.3. The van der Waals surface area contributed by atoms with E-state index in [0.717, 1.165) is 38.7 Å². The van der Waals surface area contributed by atoms with Gasteiger partial charge in [-0.3, -0.25) is 4.79 Å². The molecule has 0 spiro atoms. The normalized spacial score (nSPS) is 13.0. The summed E-state index contributed by atoms with van der Waals surface area (Å²) < 4.78 is 2.21. The van der Waals surface area contributed by atoms with Crippen molar-refractivity contribution >= 4 is 16.7 Å². The molecule has 3 N–H and O–H groups in total. The SMILES string of the molecule is CC(CO)C(c1ccc2cc(C(=O)NCCO)ccc2c1)c1cn(C(c2ccccc2)(c2ccccc2)c2ccccc2)cn1. The molecule has 0 fully saturated rings. The van der Waals surface area contributed by atoms with Gasteiger partial charge >= 0.3 is 0 Å². The van der Waals surface area contributed by atoms with E-state index in [-0.39, 0.29) is 37.5 Å². The highest BCUT2D eigenvalue weighted by molar-refractivity contribution is 5.98. The van der Waals surface area contributed by atoms with Gasteiger partial charge in [0.1, 0.15) is 5.54 Å². The summed E-state index contributed by atoms with van der Waals surface area (Å²) in [4.78, 5) is 17.5. The summed E-state index contributed by atoms with van der Waals surface area (Å²) in [6, 6.07) is 43.3. The van der Waals surface area contributed by atoms with E-state index in [9.17, 15) is 9.90 Å². The Kier molecular flexibility index (Phi) is 8.87. The molecule has 1 aromatic heterocycles. The van der Waals surface area contributed by atoms with Crippen LogP contribution in [0.4, 0.5) is 0 Å². The van der Waals surface area contributed by atoms with Gasteiger partial charge in [0.15, 0.2) is 0 Å². The van der Waals surface area contributed by atoms with Crippen molar-refractivity contribution in [3.8, 4) is 0 Å². The lowest BCUT2D eigenvalue weighted by Crippen LogP contribution is -2.37. The molecule has 6 rings (SSSR count). The highest BCUT2D eigenvalue weighted by Gasteiger charge is 2.39. The van der Waals surface area contributed by atoms with Crippen molar-refractivity contribution in [1.29, 1.82) is 0 Å². The Morgan fingerprint density at radius 3 is 1.89 bits per heavy atom. The van der Waals surface area contributed by atoms with Crippen LogP contribution in [0.15, 0.2) is 140 Å². The first-order chi connectivity index (χ1) is 22.1. The quantitative estimate of drug-likeness (QED) is 0.152. The van der Waals surface area contributed by atoms with Crippen molar-refractivity contribution in [2.24, 2.45) is 5.92 Å². The second kappa shape index (κ2) is 13.3. The number of fused-ring (bicyclic) bond motifs is 1. The Balaban J connectivity index is 1.48. The second-order valence-electron chi connectivity index (χ2n) is 11.5. The van der Waals surface area contributed by atoms with Crippen LogP contribution in [0.5, 0.6) is 0 Å². The smallest absolute Gasteiger partial charge is 0.251 e. The Morgan fingerprint density at radius 2 is 1.33 bits per heavy atom. The average Bonchev–Trinajstić information content (AvgIpc) is 3.58. The van der Waals surface area contributed by atoms with Gasteiger partial charge in [-0.2, -0.15) is 0 Å². The Labute approximate surface area is 263 Å². The van der Waals surface area contributed by atoms with Crippen LogP contribution in [0.25, 0.3) is 10.8 Å². The van der Waals surface area contributed by atoms with Crippen LogP contribution in [0.1, 0.15) is 51.1 Å². The fraction of sp³-hybridized carbons (Fsp3) is 0.179. The lowest BCUT2D eigenvalue weighted by atomic mass is 9.76. The van der Waals surface area contributed by atoms with Gasteiger partial charge in [-0.05, 0) is 51.1 Å². The molecule has 6 heteroatoms. The molecule has 0 aliphatic heterocycles. The summed E-state index contributed by atoms with van der Waals surface area (Å²) in [5.74, 6) is -0.492. The molecule has 0 saturated carbocycles. The molecule has 0 bridgehead atoms. The van der Waals surface area contributed by atoms with Crippen LogP contribution in [0.3, 0.4) is 0 Å². The first kappa shape index (κ1) is 30.0. The van der Waals surface area contributed by atoms with Gasteiger partial charge in [0.2, 0.25) is 0 Å². The van der Waals surface area contributed by atoms with Crippen LogP contribution in [0.2, 0.25) is 0 Å². The molecule has 1 heterocycles. The molecule has 6 nitrogen and oxygen atoms in total. The topological polar surface area (TPSA) is 87.4 Å². The molecular weight excluding hydrogens is 558 g/mol. The highest BCUT2D eigenvalue weighted by atomic mass is 16.3. The summed E-state index contributed by atoms with van der Waals surface area (Å²) >= 11 is 0. The van der Waals surface area contributed by atoms with Gasteiger partial charge in [0, 0.05) is 30.8 Å². The average molecular weight is 596 g/mol. The van der Waals surface area contributed by atoms with Gasteiger partial charge < -0.3 is 20.1 Å². The summed E-state index contributed by atoms with van der Waals surface area (Å²) in [6.45, 7) is 2.15. The Morgan fingerprint density at radius 1 is 0.778 bits per heavy atom. The van der Waals surface area contributed by atoms with E-state index >= 15 is 0 Å². The largest absolute Gasteiger partial charge is 0.396 e.